The summed E-state index contributed by atoms with van der Waals surface area (Å²) in [4.78, 5) is 0. The molecule has 2 aliphatic rings. The number of rotatable bonds is 6. The van der Waals surface area contributed by atoms with E-state index in [-0.39, 0.29) is 0 Å². The number of hydrazone groups is 1. The fraction of sp³-hybridized carbons (Fsp3) is 0.556. The van der Waals surface area contributed by atoms with Crippen LogP contribution in [0.25, 0.3) is 0 Å². The highest BCUT2D eigenvalue weighted by Gasteiger charge is 2.39. The van der Waals surface area contributed by atoms with E-state index in [1.165, 1.54) is 25.7 Å². The second-order valence-electron chi connectivity index (χ2n) is 6.58. The van der Waals surface area contributed by atoms with Gasteiger partial charge in [0.2, 0.25) is 5.75 Å². The Balaban J connectivity index is 1.59. The molecule has 0 radical (unpaired) electrons. The molecule has 2 N–H and O–H groups in total. The van der Waals surface area contributed by atoms with Crippen molar-refractivity contribution in [3.63, 3.8) is 0 Å². The number of hydrogen-bond donors (Lipinski definition) is 2. The Bertz CT molecular complexity index is 640. The van der Waals surface area contributed by atoms with E-state index in [9.17, 15) is 0 Å². The van der Waals surface area contributed by atoms with E-state index in [0.29, 0.717) is 28.4 Å². The quantitative estimate of drug-likeness (QED) is 0.460. The van der Waals surface area contributed by atoms with Crippen LogP contribution in [0.3, 0.4) is 0 Å². The number of hydrogen-bond acceptors (Lipinski definition) is 5. The Labute approximate surface area is 153 Å². The maximum Gasteiger partial charge on any atom is 0.203 e. The topological polar surface area (TPSA) is 64.1 Å². The monoisotopic (exact) mass is 363 g/mol. The van der Waals surface area contributed by atoms with E-state index in [1.807, 2.05) is 12.1 Å². The molecule has 3 rings (SSSR count). The minimum atomic E-state index is 0.495. The van der Waals surface area contributed by atoms with Crippen LogP contribution in [0.5, 0.6) is 17.2 Å². The third-order valence-corrected chi connectivity index (χ3v) is 5.33. The maximum absolute atomic E-state index is 5.35. The van der Waals surface area contributed by atoms with Crippen molar-refractivity contribution in [3.05, 3.63) is 17.7 Å². The summed E-state index contributed by atoms with van der Waals surface area (Å²) in [6.07, 6.45) is 6.94. The molecule has 0 aromatic heterocycles. The molecule has 0 saturated heterocycles. The van der Waals surface area contributed by atoms with Crippen molar-refractivity contribution in [1.29, 1.82) is 0 Å². The molecular weight excluding hydrogens is 338 g/mol. The number of fused-ring (bicyclic) bond motifs is 2. The number of methoxy groups -OCH3 is 3. The predicted molar refractivity (Wildman–Crippen MR) is 102 cm³/mol. The first kappa shape index (κ1) is 17.8. The van der Waals surface area contributed by atoms with E-state index >= 15 is 0 Å². The van der Waals surface area contributed by atoms with Gasteiger partial charge in [0, 0.05) is 11.6 Å². The van der Waals surface area contributed by atoms with Gasteiger partial charge in [-0.3, -0.25) is 5.43 Å². The van der Waals surface area contributed by atoms with Crippen LogP contribution in [0.4, 0.5) is 0 Å². The molecule has 0 unspecified atom stereocenters. The molecule has 136 valence electrons. The minimum absolute atomic E-state index is 0.495. The normalized spacial score (nSPS) is 24.4. The van der Waals surface area contributed by atoms with Gasteiger partial charge in [-0.05, 0) is 55.4 Å². The van der Waals surface area contributed by atoms with Crippen molar-refractivity contribution in [3.8, 4) is 17.2 Å². The number of ether oxygens (including phenoxy) is 3. The molecule has 2 aliphatic carbocycles. The number of nitrogens with zero attached hydrogens (tertiary/aromatic N) is 1. The first-order valence-corrected chi connectivity index (χ1v) is 8.95. The molecule has 1 aromatic rings. The average Bonchev–Trinajstić information content (AvgIpc) is 3.23. The molecule has 2 fully saturated rings. The summed E-state index contributed by atoms with van der Waals surface area (Å²) < 4.78 is 16.0. The molecule has 7 heteroatoms. The van der Waals surface area contributed by atoms with Gasteiger partial charge in [0.25, 0.3) is 0 Å². The Morgan fingerprint density at radius 1 is 1.12 bits per heavy atom. The molecule has 25 heavy (non-hydrogen) atoms. The molecule has 2 bridgehead atoms. The molecule has 1 aromatic carbocycles. The summed E-state index contributed by atoms with van der Waals surface area (Å²) in [5.41, 5.74) is 3.72. The minimum Gasteiger partial charge on any atom is -0.493 e. The highest BCUT2D eigenvalue weighted by atomic mass is 32.1. The van der Waals surface area contributed by atoms with Gasteiger partial charge in [-0.25, -0.2) is 0 Å². The van der Waals surface area contributed by atoms with Crippen molar-refractivity contribution in [2.75, 3.05) is 21.3 Å². The SMILES string of the molecule is COc1cc(C=NNC(=S)N[C@H]2C[C@H]3CC[C@H]2C3)cc(OC)c1OC. The number of benzene rings is 1. The zero-order valence-electron chi connectivity index (χ0n) is 14.9. The van der Waals surface area contributed by atoms with Crippen molar-refractivity contribution in [1.82, 2.24) is 10.7 Å². The van der Waals surface area contributed by atoms with E-state index in [4.69, 9.17) is 26.4 Å². The lowest BCUT2D eigenvalue weighted by molar-refractivity contribution is 0.324. The standard InChI is InChI=1S/C18H25N3O3S/c1-22-15-8-12(9-16(23-2)17(15)24-3)10-19-21-18(25)20-14-7-11-4-5-13(14)6-11/h8-11,13-14H,4-7H2,1-3H3,(H2,20,21,25)/t11-,13-,14-/m0/s1. The lowest BCUT2D eigenvalue weighted by Gasteiger charge is -2.23. The van der Waals surface area contributed by atoms with Gasteiger partial charge in [-0.15, -0.1) is 0 Å². The Morgan fingerprint density at radius 3 is 2.36 bits per heavy atom. The van der Waals surface area contributed by atoms with Gasteiger partial charge in [0.15, 0.2) is 16.6 Å². The Morgan fingerprint density at radius 2 is 1.84 bits per heavy atom. The molecule has 3 atom stereocenters. The lowest BCUT2D eigenvalue weighted by Crippen LogP contribution is -2.42. The third kappa shape index (κ3) is 3.98. The van der Waals surface area contributed by atoms with Gasteiger partial charge in [0.05, 0.1) is 27.5 Å². The van der Waals surface area contributed by atoms with Crippen molar-refractivity contribution in [2.24, 2.45) is 16.9 Å². The fourth-order valence-electron chi connectivity index (χ4n) is 3.96. The van der Waals surface area contributed by atoms with Gasteiger partial charge >= 0.3 is 0 Å². The summed E-state index contributed by atoms with van der Waals surface area (Å²) in [6.45, 7) is 0. The van der Waals surface area contributed by atoms with Crippen LogP contribution < -0.4 is 25.0 Å². The van der Waals surface area contributed by atoms with E-state index < -0.39 is 0 Å². The van der Waals surface area contributed by atoms with Gasteiger partial charge in [-0.1, -0.05) is 6.42 Å². The number of thiocarbonyl (C=S) groups is 1. The average molecular weight is 363 g/mol. The summed E-state index contributed by atoms with van der Waals surface area (Å²) in [6, 6.07) is 4.16. The first-order chi connectivity index (χ1) is 12.1. The molecule has 0 amide bonds. The van der Waals surface area contributed by atoms with Crippen molar-refractivity contribution >= 4 is 23.5 Å². The summed E-state index contributed by atoms with van der Waals surface area (Å²) >= 11 is 5.35. The largest absolute Gasteiger partial charge is 0.493 e. The summed E-state index contributed by atoms with van der Waals surface area (Å²) in [7, 11) is 4.76. The van der Waals surface area contributed by atoms with Crippen LogP contribution in [0.1, 0.15) is 31.2 Å². The van der Waals surface area contributed by atoms with Crippen LogP contribution in [0, 0.1) is 11.8 Å². The molecule has 6 nitrogen and oxygen atoms in total. The molecular formula is C18H25N3O3S. The third-order valence-electron chi connectivity index (χ3n) is 5.12. The zero-order chi connectivity index (χ0) is 17.8. The molecule has 0 heterocycles. The fourth-order valence-corrected chi connectivity index (χ4v) is 4.17. The predicted octanol–water partition coefficient (Wildman–Crippen LogP) is 2.70. The van der Waals surface area contributed by atoms with Crippen LogP contribution in [0.15, 0.2) is 17.2 Å². The molecule has 0 aliphatic heterocycles. The van der Waals surface area contributed by atoms with Gasteiger partial charge in [0.1, 0.15) is 0 Å². The summed E-state index contributed by atoms with van der Waals surface area (Å²) in [5.74, 6) is 3.39. The Hall–Kier alpha value is -2.02. The van der Waals surface area contributed by atoms with Crippen LogP contribution in [-0.2, 0) is 0 Å². The van der Waals surface area contributed by atoms with Crippen molar-refractivity contribution < 1.29 is 14.2 Å². The zero-order valence-corrected chi connectivity index (χ0v) is 15.7. The molecule has 0 spiro atoms. The van der Waals surface area contributed by atoms with Crippen molar-refractivity contribution in [2.45, 2.75) is 31.7 Å². The Kier molecular flexibility index (Phi) is 5.63. The smallest absolute Gasteiger partial charge is 0.203 e. The van der Waals surface area contributed by atoms with E-state index in [1.54, 1.807) is 27.5 Å². The van der Waals surface area contributed by atoms with Gasteiger partial charge in [-0.2, -0.15) is 5.10 Å². The highest BCUT2D eigenvalue weighted by Crippen LogP contribution is 2.44. The van der Waals surface area contributed by atoms with Crippen LogP contribution in [0.2, 0.25) is 0 Å². The van der Waals surface area contributed by atoms with Gasteiger partial charge < -0.3 is 19.5 Å². The maximum atomic E-state index is 5.35. The van der Waals surface area contributed by atoms with E-state index in [2.05, 4.69) is 15.8 Å². The second-order valence-corrected chi connectivity index (χ2v) is 6.99. The summed E-state index contributed by atoms with van der Waals surface area (Å²) in [5, 5.41) is 8.19. The van der Waals surface area contributed by atoms with E-state index in [0.717, 1.165) is 17.4 Å². The number of nitrogens with one attached hydrogen (secondary N) is 2. The highest BCUT2D eigenvalue weighted by molar-refractivity contribution is 7.80. The first-order valence-electron chi connectivity index (χ1n) is 8.54. The van der Waals surface area contributed by atoms with Crippen LogP contribution in [-0.4, -0.2) is 38.7 Å². The lowest BCUT2D eigenvalue weighted by atomic mass is 9.96. The second kappa shape index (κ2) is 7.91. The molecule has 2 saturated carbocycles. The van der Waals surface area contributed by atoms with Crippen LogP contribution >= 0.6 is 12.2 Å².